The maximum Gasteiger partial charge on any atom is -0.0169 e. The number of hydrogen-bond acceptors (Lipinski definition) is 0. The van der Waals surface area contributed by atoms with Gasteiger partial charge in [0.2, 0.25) is 0 Å². The number of fused-ring (bicyclic) bond motifs is 47. The van der Waals surface area contributed by atoms with Gasteiger partial charge in [-0.1, -0.05) is 262 Å². The van der Waals surface area contributed by atoms with Crippen LogP contribution in [0.4, 0.5) is 0 Å². The minimum atomic E-state index is 0.869. The van der Waals surface area contributed by atoms with Crippen molar-refractivity contribution >= 4 is 0 Å². The van der Waals surface area contributed by atoms with Gasteiger partial charge >= 0.3 is 0 Å². The van der Waals surface area contributed by atoms with Crippen molar-refractivity contribution < 1.29 is 0 Å². The third kappa shape index (κ3) is 20.3. The largest absolute Gasteiger partial charge is 0.103 e. The Bertz CT molecular complexity index is 4030. The van der Waals surface area contributed by atoms with Crippen LogP contribution in [0.2, 0.25) is 0 Å². The molecule has 0 aromatic rings. The van der Waals surface area contributed by atoms with E-state index in [-0.39, 0.29) is 0 Å². The average Bonchev–Trinajstić information content (AvgIpc) is 1.61. The topological polar surface area (TPSA) is 0 Å². The molecule has 0 aromatic carbocycles. The molecule has 56 unspecified atom stereocenters. The number of hydrogen-bond donors (Lipinski definition) is 0. The lowest BCUT2D eigenvalue weighted by molar-refractivity contribution is 0.219. The van der Waals surface area contributed by atoms with Gasteiger partial charge in [-0.2, -0.15) is 0 Å². The lowest BCUT2D eigenvalue weighted by Crippen LogP contribution is -2.22. The predicted octanol–water partition coefficient (Wildman–Crippen LogP) is 37.4. The maximum atomic E-state index is 3.90. The Hall–Kier alpha value is -3.38. The molecule has 0 amide bonds. The third-order valence-electron chi connectivity index (χ3n) is 50.4. The van der Waals surface area contributed by atoms with Crippen LogP contribution in [-0.4, -0.2) is 0 Å². The van der Waals surface area contributed by atoms with E-state index in [2.05, 4.69) is 250 Å². The molecule has 0 heteroatoms. The van der Waals surface area contributed by atoms with Gasteiger partial charge < -0.3 is 0 Å². The van der Waals surface area contributed by atoms with Crippen molar-refractivity contribution in [3.05, 3.63) is 160 Å². The van der Waals surface area contributed by atoms with Gasteiger partial charge in [-0.3, -0.25) is 0 Å². The molecule has 756 valence electrons. The van der Waals surface area contributed by atoms with E-state index in [0.29, 0.717) is 0 Å². The minimum Gasteiger partial charge on any atom is -0.103 e. The highest BCUT2D eigenvalue weighted by Crippen LogP contribution is 2.67. The second-order valence-electron chi connectivity index (χ2n) is 57.5. The molecule has 0 saturated heterocycles. The molecule has 0 aliphatic heterocycles. The van der Waals surface area contributed by atoms with Crippen molar-refractivity contribution in [2.45, 2.75) is 353 Å². The first-order valence-electron chi connectivity index (χ1n) is 62.1. The van der Waals surface area contributed by atoms with Crippen molar-refractivity contribution in [1.82, 2.24) is 0 Å². The SMILES string of the molecule is C=CC1CC2CC(C)C1C2.C=CC1CC2CC(C)C1C2.C=CC1CC2CC1CC2C.C=CC1CC2CC1CC2C.CC1CC2C3C=CC(C3)C2C1.CC1CC2CC1C1C=CCC21.CC1CC2CC1C1C=CCC21.CC1CC2CC1C1CC=CC21.CC1CC2CC1C1CC=CC21.CC1CCC2C3C=CC(C3)C12.CC1CCC2C3C=CC(C3)C12.CCCC1CC2C=CC1C2.CCCC1CC2C=CC1C2. The summed E-state index contributed by atoms with van der Waals surface area (Å²) in [4.78, 5) is 0. The van der Waals surface area contributed by atoms with Crippen LogP contribution >= 0.6 is 0 Å². The summed E-state index contributed by atoms with van der Waals surface area (Å²) in [5.74, 6) is 58.6. The van der Waals surface area contributed by atoms with Crippen LogP contribution in [0.3, 0.4) is 0 Å². The zero-order chi connectivity index (χ0) is 94.5. The molecule has 0 aromatic heterocycles. The molecule has 0 N–H and O–H groups in total. The molecule has 33 rings (SSSR count). The standard InChI is InChI=1S/7C11H16.6C10H16/c2*1-7-2-5-10-8-3-4-9(6-8)11(7)10;1-7-4-10-8-2-3-9(6-8)11(10)5-7;4*1-7-5-8-6-11(7)10-4-2-3-9(8)10;2*1-3-9-5-8-4-7(2)10(9)6-8;2*1-3-8-5-9-6-10(8)4-7(9)2;2*1-2-3-9-6-8-4-5-10(9)7-8/h2*3-4,7-11H,2,5-6H2,1H3;2-3,7-11H,4-6H2,1H3;2*2,4,7-11H,3,5-6H2,1H3;2*2-3,7-11H,4-6H2,1H3;4*3,7-10H,1,4-6H2,2H3;2*4-5,8-10H,2-3,6-7H2,1H3. The summed E-state index contributed by atoms with van der Waals surface area (Å²) < 4.78 is 0. The van der Waals surface area contributed by atoms with E-state index in [9.17, 15) is 0 Å². The van der Waals surface area contributed by atoms with Gasteiger partial charge in [-0.25, -0.2) is 0 Å². The van der Waals surface area contributed by atoms with Crippen molar-refractivity contribution in [2.24, 2.45) is 337 Å². The van der Waals surface area contributed by atoms with Crippen molar-refractivity contribution in [2.75, 3.05) is 0 Å². The van der Waals surface area contributed by atoms with Crippen LogP contribution in [0.5, 0.6) is 0 Å². The van der Waals surface area contributed by atoms with E-state index in [1.54, 1.807) is 25.7 Å². The highest BCUT2D eigenvalue weighted by Gasteiger charge is 2.58. The number of rotatable bonds is 8. The van der Waals surface area contributed by atoms with Crippen LogP contribution < -0.4 is 0 Å². The van der Waals surface area contributed by atoms with Crippen LogP contribution in [0.25, 0.3) is 0 Å². The highest BCUT2D eigenvalue weighted by atomic mass is 14.6. The fourth-order valence-electron chi connectivity index (χ4n) is 44.1. The summed E-state index contributed by atoms with van der Waals surface area (Å²) in [6.07, 6.45) is 114. The molecule has 0 spiro atoms. The van der Waals surface area contributed by atoms with E-state index < -0.39 is 0 Å². The van der Waals surface area contributed by atoms with Gasteiger partial charge in [-0.05, 0) is 562 Å². The zero-order valence-corrected chi connectivity index (χ0v) is 90.4. The minimum absolute atomic E-state index is 0.869. The third-order valence-corrected chi connectivity index (χ3v) is 50.4. The van der Waals surface area contributed by atoms with E-state index >= 15 is 0 Å². The summed E-state index contributed by atoms with van der Waals surface area (Å²) in [7, 11) is 0. The fraction of sp³-hybridized carbons (Fsp3) is 0.810. The summed E-state index contributed by atoms with van der Waals surface area (Å²) in [5.41, 5.74) is 0. The van der Waals surface area contributed by atoms with E-state index in [4.69, 9.17) is 0 Å². The van der Waals surface area contributed by atoms with Crippen LogP contribution in [0.15, 0.2) is 160 Å². The second-order valence-corrected chi connectivity index (χ2v) is 57.5. The Labute approximate surface area is 844 Å². The lowest BCUT2D eigenvalue weighted by Gasteiger charge is -2.28. The zero-order valence-electron chi connectivity index (χ0n) is 90.4. The second kappa shape index (κ2) is 43.2. The van der Waals surface area contributed by atoms with E-state index in [1.165, 1.54) is 238 Å². The molecule has 33 aliphatic rings. The fourth-order valence-corrected chi connectivity index (χ4v) is 44.1. The van der Waals surface area contributed by atoms with E-state index in [0.717, 1.165) is 337 Å². The van der Waals surface area contributed by atoms with Crippen LogP contribution in [-0.2, 0) is 0 Å². The molecular weight excluding hydrogens is 1650 g/mol. The highest BCUT2D eigenvalue weighted by molar-refractivity contribution is 5.22. The monoisotopic (exact) mass is 1850 g/mol. The van der Waals surface area contributed by atoms with Crippen molar-refractivity contribution in [3.63, 3.8) is 0 Å². The van der Waals surface area contributed by atoms with Crippen molar-refractivity contribution in [3.8, 4) is 0 Å². The number of allylic oxidation sites excluding steroid dienone is 22. The average molecular weight is 1860 g/mol. The molecule has 24 saturated carbocycles. The first-order valence-corrected chi connectivity index (χ1v) is 62.1. The van der Waals surface area contributed by atoms with Gasteiger partial charge in [0, 0.05) is 0 Å². The van der Waals surface area contributed by atoms with Gasteiger partial charge in [0.25, 0.3) is 0 Å². The Balaban J connectivity index is 0.0000000886. The van der Waals surface area contributed by atoms with Gasteiger partial charge in [-0.15, -0.1) is 26.3 Å². The Morgan fingerprint density at radius 1 is 0.212 bits per heavy atom. The smallest absolute Gasteiger partial charge is 0.0169 e. The van der Waals surface area contributed by atoms with Crippen LogP contribution in [0.1, 0.15) is 353 Å². The summed E-state index contributed by atoms with van der Waals surface area (Å²) in [6, 6.07) is 0. The lowest BCUT2D eigenvalue weighted by atomic mass is 9.76. The van der Waals surface area contributed by atoms with E-state index in [1.807, 2.05) is 0 Å². The molecule has 33 aliphatic carbocycles. The predicted molar refractivity (Wildman–Crippen MR) is 585 cm³/mol. The molecule has 0 heterocycles. The molecule has 0 nitrogen and oxygen atoms in total. The summed E-state index contributed by atoms with van der Waals surface area (Å²) >= 11 is 0. The molecule has 24 fully saturated rings. The van der Waals surface area contributed by atoms with Gasteiger partial charge in [0.05, 0.1) is 0 Å². The summed E-state index contributed by atoms with van der Waals surface area (Å²) in [6.45, 7) is 46.9. The molecule has 56 atom stereocenters. The Morgan fingerprint density at radius 2 is 0.555 bits per heavy atom. The first-order chi connectivity index (χ1) is 66.5. The maximum absolute atomic E-state index is 3.90. The molecule has 26 bridgehead atoms. The molecule has 0 radical (unpaired) electrons. The summed E-state index contributed by atoms with van der Waals surface area (Å²) in [5, 5.41) is 0. The van der Waals surface area contributed by atoms with Gasteiger partial charge in [0.1, 0.15) is 0 Å². The molecule has 137 heavy (non-hydrogen) atoms. The first kappa shape index (κ1) is 99.6. The van der Waals surface area contributed by atoms with Gasteiger partial charge in [0.15, 0.2) is 0 Å². The van der Waals surface area contributed by atoms with Crippen molar-refractivity contribution in [1.29, 1.82) is 0 Å². The Kier molecular flexibility index (Phi) is 31.4. The Morgan fingerprint density at radius 3 is 0.891 bits per heavy atom. The molecular formula is C137H208. The van der Waals surface area contributed by atoms with Crippen LogP contribution in [0, 0.1) is 337 Å². The normalized spacial score (nSPS) is 54.4. The quantitative estimate of drug-likeness (QED) is 0.213.